The first-order valence-corrected chi connectivity index (χ1v) is 10.0. The second-order valence-corrected chi connectivity index (χ2v) is 7.74. The van der Waals surface area contributed by atoms with Crippen LogP contribution in [-0.4, -0.2) is 49.3 Å². The van der Waals surface area contributed by atoms with Gasteiger partial charge in [0, 0.05) is 12.8 Å². The lowest BCUT2D eigenvalue weighted by molar-refractivity contribution is -0.143. The lowest BCUT2D eigenvalue weighted by atomic mass is 9.87. The zero-order valence-electron chi connectivity index (χ0n) is 16.4. The van der Waals surface area contributed by atoms with Gasteiger partial charge in [-0.05, 0) is 32.6 Å². The molecule has 2 fully saturated rings. The molecule has 24 heavy (non-hydrogen) atoms. The maximum atomic E-state index is 6.67. The van der Waals surface area contributed by atoms with E-state index in [1.807, 2.05) is 0 Å². The van der Waals surface area contributed by atoms with Gasteiger partial charge in [0.05, 0.1) is 43.2 Å². The third kappa shape index (κ3) is 5.98. The molecule has 4 unspecified atom stereocenters. The van der Waals surface area contributed by atoms with Crippen LogP contribution in [0, 0.1) is 0 Å². The first-order chi connectivity index (χ1) is 11.5. The summed E-state index contributed by atoms with van der Waals surface area (Å²) in [6.45, 7) is 13.6. The van der Waals surface area contributed by atoms with E-state index in [1.165, 1.54) is 0 Å². The molecule has 2 heterocycles. The van der Waals surface area contributed by atoms with Crippen molar-refractivity contribution in [3.63, 3.8) is 0 Å². The Kier molecular flexibility index (Phi) is 7.54. The molecule has 2 aliphatic heterocycles. The van der Waals surface area contributed by atoms with Crippen LogP contribution in [0.5, 0.6) is 0 Å². The van der Waals surface area contributed by atoms with Gasteiger partial charge in [0.1, 0.15) is 6.10 Å². The molecular weight excluding hydrogens is 304 g/mol. The Bertz CT molecular complexity index is 361. The molecule has 0 aromatic rings. The molecule has 0 aliphatic carbocycles. The summed E-state index contributed by atoms with van der Waals surface area (Å²) in [6.07, 6.45) is 8.24. The predicted molar refractivity (Wildman–Crippen MR) is 96.5 cm³/mol. The number of hydrogen-bond donors (Lipinski definition) is 0. The molecule has 0 saturated carbocycles. The van der Waals surface area contributed by atoms with E-state index in [9.17, 15) is 0 Å². The fourth-order valence-corrected chi connectivity index (χ4v) is 3.90. The number of hydrogen-bond acceptors (Lipinski definition) is 4. The van der Waals surface area contributed by atoms with Crippen molar-refractivity contribution in [2.24, 2.45) is 0 Å². The highest BCUT2D eigenvalue weighted by molar-refractivity contribution is 4.89. The lowest BCUT2D eigenvalue weighted by Crippen LogP contribution is -2.42. The maximum absolute atomic E-state index is 6.67. The van der Waals surface area contributed by atoms with Crippen molar-refractivity contribution in [1.82, 2.24) is 0 Å². The minimum Gasteiger partial charge on any atom is -0.373 e. The third-order valence-electron chi connectivity index (χ3n) is 5.73. The minimum atomic E-state index is -0.0901. The molecule has 4 heteroatoms. The molecule has 0 aromatic carbocycles. The smallest absolute Gasteiger partial charge is 0.104 e. The molecule has 2 rings (SSSR count). The second-order valence-electron chi connectivity index (χ2n) is 7.74. The number of ether oxygens (including phenoxy) is 4. The Morgan fingerprint density at radius 3 is 2.00 bits per heavy atom. The van der Waals surface area contributed by atoms with Gasteiger partial charge in [0.25, 0.3) is 0 Å². The van der Waals surface area contributed by atoms with Gasteiger partial charge in [-0.2, -0.15) is 0 Å². The fraction of sp³-hybridized carbons (Fsp3) is 1.00. The van der Waals surface area contributed by atoms with E-state index < -0.39 is 0 Å². The van der Waals surface area contributed by atoms with Gasteiger partial charge in [-0.3, -0.25) is 0 Å². The molecule has 142 valence electrons. The highest BCUT2D eigenvalue weighted by Gasteiger charge is 2.40. The number of epoxide rings is 2. The van der Waals surface area contributed by atoms with Crippen molar-refractivity contribution in [3.05, 3.63) is 0 Å². The van der Waals surface area contributed by atoms with E-state index in [0.717, 1.165) is 64.8 Å². The molecule has 2 aliphatic rings. The SMILES string of the molecule is CCCC(CC)(CC1CO1)OC(C)CC(CC)(CC)OCC1CO1. The van der Waals surface area contributed by atoms with Gasteiger partial charge < -0.3 is 18.9 Å². The molecule has 0 bridgehead atoms. The summed E-state index contributed by atoms with van der Waals surface area (Å²) in [4.78, 5) is 0. The van der Waals surface area contributed by atoms with Crippen LogP contribution in [0.4, 0.5) is 0 Å². The van der Waals surface area contributed by atoms with Crippen LogP contribution in [0.15, 0.2) is 0 Å². The molecule has 4 nitrogen and oxygen atoms in total. The fourth-order valence-electron chi connectivity index (χ4n) is 3.90. The van der Waals surface area contributed by atoms with E-state index in [2.05, 4.69) is 34.6 Å². The van der Waals surface area contributed by atoms with Gasteiger partial charge in [-0.15, -0.1) is 0 Å². The topological polar surface area (TPSA) is 43.5 Å². The average Bonchev–Trinajstić information content (AvgIpc) is 3.46. The molecule has 0 amide bonds. The zero-order valence-corrected chi connectivity index (χ0v) is 16.4. The van der Waals surface area contributed by atoms with E-state index in [4.69, 9.17) is 18.9 Å². The summed E-state index contributed by atoms with van der Waals surface area (Å²) in [5.74, 6) is 0. The summed E-state index contributed by atoms with van der Waals surface area (Å²) in [5, 5.41) is 0. The van der Waals surface area contributed by atoms with Crippen LogP contribution in [0.25, 0.3) is 0 Å². The van der Waals surface area contributed by atoms with E-state index >= 15 is 0 Å². The number of rotatable bonds is 14. The molecule has 0 radical (unpaired) electrons. The Labute approximate surface area is 148 Å². The summed E-state index contributed by atoms with van der Waals surface area (Å²) >= 11 is 0. The minimum absolute atomic E-state index is 0.0395. The first kappa shape index (κ1) is 20.2. The predicted octanol–water partition coefficient (Wildman–Crippen LogP) is 4.49. The molecule has 0 N–H and O–H groups in total. The highest BCUT2D eigenvalue weighted by Crippen LogP contribution is 2.36. The first-order valence-electron chi connectivity index (χ1n) is 10.0. The molecule has 0 spiro atoms. The Morgan fingerprint density at radius 2 is 1.54 bits per heavy atom. The van der Waals surface area contributed by atoms with Gasteiger partial charge >= 0.3 is 0 Å². The summed E-state index contributed by atoms with van der Waals surface area (Å²) in [7, 11) is 0. The van der Waals surface area contributed by atoms with E-state index in [1.54, 1.807) is 0 Å². The summed E-state index contributed by atoms with van der Waals surface area (Å²) in [5.41, 5.74) is -0.130. The summed E-state index contributed by atoms with van der Waals surface area (Å²) in [6, 6.07) is 0. The maximum Gasteiger partial charge on any atom is 0.104 e. The van der Waals surface area contributed by atoms with Crippen LogP contribution >= 0.6 is 0 Å². The Balaban J connectivity index is 1.93. The molecule has 2 saturated heterocycles. The normalized spacial score (nSPS) is 26.9. The average molecular weight is 343 g/mol. The van der Waals surface area contributed by atoms with Crippen LogP contribution in [0.2, 0.25) is 0 Å². The van der Waals surface area contributed by atoms with Crippen LogP contribution in [0.3, 0.4) is 0 Å². The van der Waals surface area contributed by atoms with Crippen molar-refractivity contribution in [2.45, 2.75) is 109 Å². The standard InChI is InChI=1S/C20H38O4/c1-6-10-20(9-4,12-17-13-21-17)24-16(5)11-19(7-2,8-3)23-15-18-14-22-18/h16-18H,6-15H2,1-5H3. The monoisotopic (exact) mass is 342 g/mol. The summed E-state index contributed by atoms with van der Waals surface area (Å²) < 4.78 is 23.8. The molecular formula is C20H38O4. The third-order valence-corrected chi connectivity index (χ3v) is 5.73. The van der Waals surface area contributed by atoms with Gasteiger partial charge in [0.2, 0.25) is 0 Å². The zero-order chi connectivity index (χ0) is 17.6. The van der Waals surface area contributed by atoms with E-state index in [0.29, 0.717) is 12.2 Å². The lowest BCUT2D eigenvalue weighted by Gasteiger charge is -2.40. The Morgan fingerprint density at radius 1 is 0.958 bits per heavy atom. The highest BCUT2D eigenvalue weighted by atomic mass is 16.6. The van der Waals surface area contributed by atoms with Crippen LogP contribution in [0.1, 0.15) is 79.6 Å². The Hall–Kier alpha value is -0.160. The van der Waals surface area contributed by atoms with Gasteiger partial charge in [0.15, 0.2) is 0 Å². The van der Waals surface area contributed by atoms with Gasteiger partial charge in [-0.25, -0.2) is 0 Å². The van der Waals surface area contributed by atoms with Crippen molar-refractivity contribution >= 4 is 0 Å². The van der Waals surface area contributed by atoms with Crippen molar-refractivity contribution in [2.75, 3.05) is 19.8 Å². The van der Waals surface area contributed by atoms with Crippen molar-refractivity contribution in [1.29, 1.82) is 0 Å². The molecule has 4 atom stereocenters. The van der Waals surface area contributed by atoms with Crippen molar-refractivity contribution < 1.29 is 18.9 Å². The van der Waals surface area contributed by atoms with Crippen molar-refractivity contribution in [3.8, 4) is 0 Å². The van der Waals surface area contributed by atoms with E-state index in [-0.39, 0.29) is 17.3 Å². The largest absolute Gasteiger partial charge is 0.373 e. The second kappa shape index (κ2) is 8.98. The quantitative estimate of drug-likeness (QED) is 0.436. The van der Waals surface area contributed by atoms with Gasteiger partial charge in [-0.1, -0.05) is 34.1 Å². The van der Waals surface area contributed by atoms with Crippen LogP contribution < -0.4 is 0 Å². The van der Waals surface area contributed by atoms with Crippen LogP contribution in [-0.2, 0) is 18.9 Å². The molecule has 0 aromatic heterocycles.